The van der Waals surface area contributed by atoms with E-state index in [4.69, 9.17) is 14.2 Å². The summed E-state index contributed by atoms with van der Waals surface area (Å²) in [5, 5.41) is 0. The van der Waals surface area contributed by atoms with Crippen molar-refractivity contribution < 1.29 is 41.8 Å². The molecule has 2 aromatic carbocycles. The van der Waals surface area contributed by atoms with Gasteiger partial charge in [-0.15, -0.1) is 0 Å². The Morgan fingerprint density at radius 1 is 1.04 bits per heavy atom. The zero-order valence-corrected chi connectivity index (χ0v) is 28.3. The van der Waals surface area contributed by atoms with Gasteiger partial charge in [0.2, 0.25) is 5.91 Å². The van der Waals surface area contributed by atoms with Crippen molar-refractivity contribution >= 4 is 23.9 Å². The van der Waals surface area contributed by atoms with Crippen LogP contribution >= 0.6 is 0 Å². The number of alkyl halides is 3. The van der Waals surface area contributed by atoms with E-state index in [2.05, 4.69) is 4.90 Å². The van der Waals surface area contributed by atoms with Gasteiger partial charge in [-0.25, -0.2) is 0 Å². The largest absolute Gasteiger partial charge is 0.483 e. The lowest BCUT2D eigenvalue weighted by Gasteiger charge is -2.65. The number of piperidine rings is 1. The average molecular weight is 681 g/mol. The number of ether oxygens (including phenoxy) is 3. The Morgan fingerprint density at radius 3 is 2.41 bits per heavy atom. The van der Waals surface area contributed by atoms with E-state index in [0.29, 0.717) is 55.2 Å². The Morgan fingerprint density at radius 2 is 1.78 bits per heavy atom. The summed E-state index contributed by atoms with van der Waals surface area (Å²) in [6.45, 7) is 8.98. The van der Waals surface area contributed by atoms with Crippen LogP contribution in [0.4, 0.5) is 13.2 Å². The fourth-order valence-corrected chi connectivity index (χ4v) is 9.26. The molecule has 11 heteroatoms. The van der Waals surface area contributed by atoms with Crippen LogP contribution in [-0.2, 0) is 37.1 Å². The second-order valence-corrected chi connectivity index (χ2v) is 14.9. The van der Waals surface area contributed by atoms with Gasteiger partial charge in [-0.3, -0.25) is 19.3 Å². The van der Waals surface area contributed by atoms with Gasteiger partial charge in [-0.1, -0.05) is 32.0 Å². The van der Waals surface area contributed by atoms with Crippen LogP contribution < -0.4 is 9.47 Å². The third kappa shape index (κ3) is 5.71. The smallest absolute Gasteiger partial charge is 0.416 e. The van der Waals surface area contributed by atoms with E-state index in [0.717, 1.165) is 36.3 Å². The minimum Gasteiger partial charge on any atom is -0.483 e. The third-order valence-corrected chi connectivity index (χ3v) is 11.2. The SMILES string of the molecule is CC(=O)Oc1ccc2c3c1OC1C(N(CC(C)C)C(=O)/C=C/c4ccc(C(F)(F)F)cc4)CC[C@@]4(OC(C)=O)[C@@H](C2)N(CC2CC2)CC[C@]314. The van der Waals surface area contributed by atoms with Gasteiger partial charge < -0.3 is 19.1 Å². The molecule has 0 N–H and O–H groups in total. The number of halogens is 3. The summed E-state index contributed by atoms with van der Waals surface area (Å²) in [6, 6.07) is 7.98. The highest BCUT2D eigenvalue weighted by molar-refractivity contribution is 5.92. The first-order valence-electron chi connectivity index (χ1n) is 17.3. The van der Waals surface area contributed by atoms with Gasteiger partial charge in [0.05, 0.1) is 23.1 Å². The first-order valence-corrected chi connectivity index (χ1v) is 17.3. The molecule has 1 amide bonds. The summed E-state index contributed by atoms with van der Waals surface area (Å²) in [4.78, 5) is 43.8. The van der Waals surface area contributed by atoms with Gasteiger partial charge in [0, 0.05) is 38.6 Å². The molecule has 8 nitrogen and oxygen atoms in total. The number of benzene rings is 2. The summed E-state index contributed by atoms with van der Waals surface area (Å²) in [5.74, 6) is 0.394. The molecule has 5 atom stereocenters. The molecule has 2 unspecified atom stereocenters. The summed E-state index contributed by atoms with van der Waals surface area (Å²) < 4.78 is 58.7. The lowest BCUT2D eigenvalue weighted by atomic mass is 9.48. The molecule has 1 spiro atoms. The summed E-state index contributed by atoms with van der Waals surface area (Å²) in [5.41, 5.74) is 0.00353. The highest BCUT2D eigenvalue weighted by Crippen LogP contribution is 2.67. The molecule has 0 aromatic heterocycles. The van der Waals surface area contributed by atoms with Crippen molar-refractivity contribution in [3.63, 3.8) is 0 Å². The predicted octanol–water partition coefficient (Wildman–Crippen LogP) is 6.33. The van der Waals surface area contributed by atoms with Crippen molar-refractivity contribution in [2.24, 2.45) is 11.8 Å². The van der Waals surface area contributed by atoms with Crippen LogP contribution in [0.3, 0.4) is 0 Å². The van der Waals surface area contributed by atoms with Gasteiger partial charge in [0.1, 0.15) is 11.7 Å². The minimum absolute atomic E-state index is 0.0790. The minimum atomic E-state index is -4.45. The van der Waals surface area contributed by atoms with E-state index in [1.807, 2.05) is 24.8 Å². The molecule has 49 heavy (non-hydrogen) atoms. The molecule has 1 saturated heterocycles. The number of carbonyl (C=O) groups excluding carboxylic acids is 3. The van der Waals surface area contributed by atoms with Crippen LogP contribution in [-0.4, -0.2) is 71.1 Å². The van der Waals surface area contributed by atoms with E-state index in [1.165, 1.54) is 51.0 Å². The van der Waals surface area contributed by atoms with E-state index < -0.39 is 40.9 Å². The number of hydrogen-bond acceptors (Lipinski definition) is 7. The molecule has 5 aliphatic rings. The number of likely N-dealkylation sites (tertiary alicyclic amines) is 1. The van der Waals surface area contributed by atoms with Crippen molar-refractivity contribution in [1.82, 2.24) is 9.80 Å². The predicted molar refractivity (Wildman–Crippen MR) is 175 cm³/mol. The van der Waals surface area contributed by atoms with E-state index in [1.54, 1.807) is 6.07 Å². The van der Waals surface area contributed by atoms with Crippen LogP contribution in [0, 0.1) is 11.8 Å². The van der Waals surface area contributed by atoms with Crippen LogP contribution in [0.25, 0.3) is 6.08 Å². The second kappa shape index (κ2) is 12.2. The van der Waals surface area contributed by atoms with Gasteiger partial charge in [0.15, 0.2) is 11.5 Å². The average Bonchev–Trinajstić information content (AvgIpc) is 3.77. The molecular weight excluding hydrogens is 637 g/mol. The molecule has 7 rings (SSSR count). The number of esters is 2. The highest BCUT2D eigenvalue weighted by Gasteiger charge is 2.76. The van der Waals surface area contributed by atoms with E-state index in [-0.39, 0.29) is 23.8 Å². The van der Waals surface area contributed by atoms with Gasteiger partial charge in [-0.05, 0) is 92.3 Å². The van der Waals surface area contributed by atoms with E-state index >= 15 is 0 Å². The van der Waals surface area contributed by atoms with Gasteiger partial charge >= 0.3 is 18.1 Å². The normalized spacial score (nSPS) is 28.6. The first-order chi connectivity index (χ1) is 23.2. The number of rotatable bonds is 9. The van der Waals surface area contributed by atoms with Gasteiger partial charge in [0.25, 0.3) is 0 Å². The number of carbonyl (C=O) groups is 3. The fraction of sp³-hybridized carbons (Fsp3) is 0.553. The number of nitrogens with zero attached hydrogens (tertiary/aromatic N) is 2. The maximum atomic E-state index is 14.2. The zero-order valence-electron chi connectivity index (χ0n) is 28.3. The van der Waals surface area contributed by atoms with Crippen LogP contribution in [0.15, 0.2) is 42.5 Å². The standard InChI is InChI=1S/C38H43F3N2O6/c1-22(2)20-43(32(46)14-9-25-7-11-28(12-8-25)38(39,40)41)29-15-16-37(49-24(4)45)31-19-27-10-13-30(47-23(3)44)34-33(27)36(37,35(29)48-34)17-18-42(31)21-26-5-6-26/h7-14,22,26,29,31,35H,5-6,15-21H2,1-4H3/b14-9+/t29?,31-,35?,36+,37-/m1/s1. The highest BCUT2D eigenvalue weighted by atomic mass is 19.4. The zero-order chi connectivity index (χ0) is 34.9. The number of hydrogen-bond donors (Lipinski definition) is 0. The summed E-state index contributed by atoms with van der Waals surface area (Å²) in [6.07, 6.45) is 2.62. The monoisotopic (exact) mass is 680 g/mol. The van der Waals surface area contributed by atoms with Crippen molar-refractivity contribution in [3.05, 3.63) is 64.7 Å². The molecule has 2 heterocycles. The van der Waals surface area contributed by atoms with E-state index in [9.17, 15) is 27.6 Å². The second-order valence-electron chi connectivity index (χ2n) is 14.9. The Bertz CT molecular complexity index is 1690. The molecule has 2 aromatic rings. The maximum absolute atomic E-state index is 14.2. The van der Waals surface area contributed by atoms with Crippen molar-refractivity contribution in [3.8, 4) is 11.5 Å². The molecule has 2 bridgehead atoms. The lowest BCUT2D eigenvalue weighted by Crippen LogP contribution is -2.79. The van der Waals surface area contributed by atoms with Crippen molar-refractivity contribution in [2.45, 2.75) is 102 Å². The van der Waals surface area contributed by atoms with Crippen molar-refractivity contribution in [1.29, 1.82) is 0 Å². The molecule has 3 aliphatic carbocycles. The molecule has 3 fully saturated rings. The maximum Gasteiger partial charge on any atom is 0.416 e. The summed E-state index contributed by atoms with van der Waals surface area (Å²) >= 11 is 0. The van der Waals surface area contributed by atoms with Crippen molar-refractivity contribution in [2.75, 3.05) is 19.6 Å². The number of amides is 1. The lowest BCUT2D eigenvalue weighted by molar-refractivity contribution is -0.224. The fourth-order valence-electron chi connectivity index (χ4n) is 9.26. The Labute approximate surface area is 284 Å². The topological polar surface area (TPSA) is 85.4 Å². The van der Waals surface area contributed by atoms with Crippen LogP contribution in [0.5, 0.6) is 11.5 Å². The third-order valence-electron chi connectivity index (χ3n) is 11.2. The quantitative estimate of drug-likeness (QED) is 0.174. The molecule has 0 radical (unpaired) electrons. The Kier molecular flexibility index (Phi) is 8.36. The molecular formula is C38H43F3N2O6. The van der Waals surface area contributed by atoms with Crippen LogP contribution in [0.1, 0.15) is 82.1 Å². The molecule has 2 aliphatic heterocycles. The molecule has 262 valence electrons. The Balaban J connectivity index is 1.31. The van der Waals surface area contributed by atoms with Crippen LogP contribution in [0.2, 0.25) is 0 Å². The first kappa shape index (κ1) is 33.6. The Hall–Kier alpha value is -3.86. The summed E-state index contributed by atoms with van der Waals surface area (Å²) in [7, 11) is 0. The van der Waals surface area contributed by atoms with Gasteiger partial charge in [-0.2, -0.15) is 13.2 Å². The molecule has 2 saturated carbocycles.